The molecular weight excluding hydrogens is 281 g/mol. The van der Waals surface area contributed by atoms with Crippen LogP contribution in [0.3, 0.4) is 0 Å². The molecule has 0 aliphatic carbocycles. The number of aliphatic hydroxyl groups is 1. The van der Waals surface area contributed by atoms with E-state index in [0.29, 0.717) is 31.0 Å². The molecule has 1 unspecified atom stereocenters. The van der Waals surface area contributed by atoms with Gasteiger partial charge < -0.3 is 15.2 Å². The minimum Gasteiger partial charge on any atom is -0.473 e. The third-order valence-corrected chi connectivity index (χ3v) is 3.13. The third-order valence-electron chi connectivity index (χ3n) is 2.67. The zero-order valence-corrected chi connectivity index (χ0v) is 11.6. The normalized spacial score (nSPS) is 12.3. The summed E-state index contributed by atoms with van der Waals surface area (Å²) in [5, 5.41) is 12.8. The maximum absolute atomic E-state index is 13.3. The molecule has 2 aromatic rings. The van der Waals surface area contributed by atoms with Crippen LogP contribution in [0.15, 0.2) is 30.5 Å². The number of ether oxygens (including phenoxy) is 1. The van der Waals surface area contributed by atoms with E-state index in [1.54, 1.807) is 12.1 Å². The number of hydrogen-bond acceptors (Lipinski definition) is 6. The zero-order chi connectivity index (χ0) is 14.2. The maximum Gasteiger partial charge on any atom is 0.245 e. The summed E-state index contributed by atoms with van der Waals surface area (Å²) in [6.07, 6.45) is 1.44. The van der Waals surface area contributed by atoms with Crippen molar-refractivity contribution in [1.82, 2.24) is 14.1 Å². The number of hydrogen-bond donors (Lipinski definition) is 2. The summed E-state index contributed by atoms with van der Waals surface area (Å²) < 4.78 is 26.2. The van der Waals surface area contributed by atoms with Gasteiger partial charge >= 0.3 is 0 Å². The monoisotopic (exact) mass is 297 g/mol. The van der Waals surface area contributed by atoms with E-state index in [9.17, 15) is 9.50 Å². The minimum absolute atomic E-state index is 0.151. The molecule has 0 saturated carbocycles. The van der Waals surface area contributed by atoms with Crippen molar-refractivity contribution in [3.63, 3.8) is 0 Å². The van der Waals surface area contributed by atoms with Crippen LogP contribution < -0.4 is 10.1 Å². The molecule has 0 aliphatic rings. The van der Waals surface area contributed by atoms with Gasteiger partial charge in [0.1, 0.15) is 24.7 Å². The van der Waals surface area contributed by atoms with Crippen LogP contribution in [-0.2, 0) is 6.42 Å². The number of nitrogens with one attached hydrogen (secondary N) is 1. The number of nitrogens with zero attached hydrogens (tertiary/aromatic N) is 2. The van der Waals surface area contributed by atoms with Gasteiger partial charge in [0, 0.05) is 6.54 Å². The molecule has 0 saturated heterocycles. The summed E-state index contributed by atoms with van der Waals surface area (Å²) >= 11 is 1.05. The highest BCUT2D eigenvalue weighted by Crippen LogP contribution is 2.06. The van der Waals surface area contributed by atoms with Crippen LogP contribution in [0.1, 0.15) is 5.56 Å². The SMILES string of the molecule is OC(CNCCc1ccccc1F)COc1cnsn1. The summed E-state index contributed by atoms with van der Waals surface area (Å²) in [6, 6.07) is 6.68. The molecule has 108 valence electrons. The van der Waals surface area contributed by atoms with Gasteiger partial charge in [0.05, 0.1) is 11.7 Å². The highest BCUT2D eigenvalue weighted by molar-refractivity contribution is 6.99. The Morgan fingerprint density at radius 1 is 1.40 bits per heavy atom. The molecule has 0 radical (unpaired) electrons. The lowest BCUT2D eigenvalue weighted by molar-refractivity contribution is 0.104. The van der Waals surface area contributed by atoms with E-state index in [1.807, 2.05) is 6.07 Å². The first-order chi connectivity index (χ1) is 9.75. The highest BCUT2D eigenvalue weighted by atomic mass is 32.1. The van der Waals surface area contributed by atoms with E-state index >= 15 is 0 Å². The van der Waals surface area contributed by atoms with Crippen molar-refractivity contribution in [2.75, 3.05) is 19.7 Å². The van der Waals surface area contributed by atoms with E-state index < -0.39 is 6.10 Å². The standard InChI is InChI=1S/C13H16FN3O2S/c14-12-4-2-1-3-10(12)5-6-15-7-11(18)9-19-13-8-16-20-17-13/h1-4,8,11,15,18H,5-7,9H2. The highest BCUT2D eigenvalue weighted by Gasteiger charge is 2.06. The molecule has 1 aromatic carbocycles. The van der Waals surface area contributed by atoms with Gasteiger partial charge in [0.2, 0.25) is 5.88 Å². The lowest BCUT2D eigenvalue weighted by atomic mass is 10.1. The quantitative estimate of drug-likeness (QED) is 0.718. The number of aromatic nitrogens is 2. The number of benzene rings is 1. The maximum atomic E-state index is 13.3. The Hall–Kier alpha value is -1.57. The van der Waals surface area contributed by atoms with E-state index in [-0.39, 0.29) is 12.4 Å². The second-order valence-electron chi connectivity index (χ2n) is 4.26. The van der Waals surface area contributed by atoms with Crippen molar-refractivity contribution < 1.29 is 14.2 Å². The number of rotatable bonds is 8. The third kappa shape index (κ3) is 4.84. The van der Waals surface area contributed by atoms with Gasteiger partial charge in [-0.25, -0.2) is 4.39 Å². The van der Waals surface area contributed by atoms with Crippen LogP contribution in [-0.4, -0.2) is 39.7 Å². The van der Waals surface area contributed by atoms with Gasteiger partial charge in [-0.2, -0.15) is 4.37 Å². The van der Waals surface area contributed by atoms with Crippen molar-refractivity contribution >= 4 is 11.7 Å². The molecule has 5 nitrogen and oxygen atoms in total. The predicted octanol–water partition coefficient (Wildman–Crippen LogP) is 1.25. The molecule has 7 heteroatoms. The van der Waals surface area contributed by atoms with Crippen LogP contribution in [0.25, 0.3) is 0 Å². The molecule has 1 atom stereocenters. The molecule has 2 rings (SSSR count). The molecular formula is C13H16FN3O2S. The zero-order valence-electron chi connectivity index (χ0n) is 10.8. The van der Waals surface area contributed by atoms with Crippen molar-refractivity contribution in [3.8, 4) is 5.88 Å². The fourth-order valence-electron chi connectivity index (χ4n) is 1.65. The second-order valence-corrected chi connectivity index (χ2v) is 4.81. The average molecular weight is 297 g/mol. The average Bonchev–Trinajstić information content (AvgIpc) is 2.96. The first-order valence-electron chi connectivity index (χ1n) is 6.28. The molecule has 1 aromatic heterocycles. The molecule has 0 bridgehead atoms. The lowest BCUT2D eigenvalue weighted by Crippen LogP contribution is -2.32. The summed E-state index contributed by atoms with van der Waals surface area (Å²) in [6.45, 7) is 1.13. The predicted molar refractivity (Wildman–Crippen MR) is 74.4 cm³/mol. The van der Waals surface area contributed by atoms with E-state index in [2.05, 4.69) is 14.1 Å². The van der Waals surface area contributed by atoms with Gasteiger partial charge in [0.15, 0.2) is 0 Å². The largest absolute Gasteiger partial charge is 0.473 e. The number of halogens is 1. The molecule has 20 heavy (non-hydrogen) atoms. The van der Waals surface area contributed by atoms with Crippen LogP contribution in [0.2, 0.25) is 0 Å². The van der Waals surface area contributed by atoms with Crippen LogP contribution in [0.4, 0.5) is 4.39 Å². The summed E-state index contributed by atoms with van der Waals surface area (Å²) in [7, 11) is 0. The van der Waals surface area contributed by atoms with E-state index in [4.69, 9.17) is 4.74 Å². The summed E-state index contributed by atoms with van der Waals surface area (Å²) in [5.41, 5.74) is 0.666. The Kier molecular flexibility index (Phi) is 5.85. The van der Waals surface area contributed by atoms with E-state index in [0.717, 1.165) is 11.7 Å². The Labute approximate surface area is 120 Å². The summed E-state index contributed by atoms with van der Waals surface area (Å²) in [4.78, 5) is 0. The Bertz CT molecular complexity index is 510. The van der Waals surface area contributed by atoms with Crippen molar-refractivity contribution in [2.24, 2.45) is 0 Å². The minimum atomic E-state index is -0.641. The Balaban J connectivity index is 1.60. The lowest BCUT2D eigenvalue weighted by Gasteiger charge is -2.12. The first kappa shape index (κ1) is 14.8. The fourth-order valence-corrected chi connectivity index (χ4v) is 2.02. The van der Waals surface area contributed by atoms with Gasteiger partial charge in [-0.3, -0.25) is 0 Å². The number of aliphatic hydroxyl groups excluding tert-OH is 1. The van der Waals surface area contributed by atoms with E-state index in [1.165, 1.54) is 12.3 Å². The molecule has 1 heterocycles. The van der Waals surface area contributed by atoms with Gasteiger partial charge in [-0.15, -0.1) is 4.37 Å². The van der Waals surface area contributed by atoms with Crippen molar-refractivity contribution in [2.45, 2.75) is 12.5 Å². The van der Waals surface area contributed by atoms with Crippen LogP contribution in [0.5, 0.6) is 5.88 Å². The fraction of sp³-hybridized carbons (Fsp3) is 0.385. The topological polar surface area (TPSA) is 67.3 Å². The van der Waals surface area contributed by atoms with Crippen LogP contribution in [0, 0.1) is 5.82 Å². The van der Waals surface area contributed by atoms with Gasteiger partial charge in [-0.05, 0) is 24.6 Å². The molecule has 0 aliphatic heterocycles. The molecule has 0 amide bonds. The van der Waals surface area contributed by atoms with Gasteiger partial charge in [-0.1, -0.05) is 18.2 Å². The van der Waals surface area contributed by atoms with Crippen molar-refractivity contribution in [3.05, 3.63) is 41.8 Å². The molecule has 0 fully saturated rings. The second kappa shape index (κ2) is 7.88. The molecule has 0 spiro atoms. The Morgan fingerprint density at radius 2 is 2.25 bits per heavy atom. The molecule has 2 N–H and O–H groups in total. The van der Waals surface area contributed by atoms with Crippen LogP contribution >= 0.6 is 11.7 Å². The van der Waals surface area contributed by atoms with Gasteiger partial charge in [0.25, 0.3) is 0 Å². The smallest absolute Gasteiger partial charge is 0.245 e. The van der Waals surface area contributed by atoms with Crippen molar-refractivity contribution in [1.29, 1.82) is 0 Å². The first-order valence-corrected chi connectivity index (χ1v) is 7.01. The Morgan fingerprint density at radius 3 is 3.00 bits per heavy atom. The summed E-state index contributed by atoms with van der Waals surface area (Å²) in [5.74, 6) is 0.217.